The van der Waals surface area contributed by atoms with Crippen LogP contribution in [-0.2, 0) is 22.6 Å². The highest BCUT2D eigenvalue weighted by Gasteiger charge is 2.10. The number of carbonyl (C=O) groups is 1. The van der Waals surface area contributed by atoms with Gasteiger partial charge in [0.1, 0.15) is 12.3 Å². The molecule has 0 saturated heterocycles. The molecule has 0 bridgehead atoms. The Bertz CT molecular complexity index is 745. The van der Waals surface area contributed by atoms with Gasteiger partial charge in [-0.15, -0.1) is 11.3 Å². The van der Waals surface area contributed by atoms with E-state index < -0.39 is 0 Å². The third-order valence-electron chi connectivity index (χ3n) is 3.17. The van der Waals surface area contributed by atoms with E-state index >= 15 is 0 Å². The van der Waals surface area contributed by atoms with Crippen LogP contribution in [-0.4, -0.2) is 11.1 Å². The number of benzene rings is 1. The molecular formula is C17H15NO3S. The summed E-state index contributed by atoms with van der Waals surface area (Å²) >= 11 is 1.54. The highest BCUT2D eigenvalue weighted by atomic mass is 32.1. The summed E-state index contributed by atoms with van der Waals surface area (Å²) in [4.78, 5) is 12.7. The van der Waals surface area contributed by atoms with Crippen molar-refractivity contribution in [1.82, 2.24) is 5.16 Å². The minimum atomic E-state index is -0.262. The van der Waals surface area contributed by atoms with Gasteiger partial charge in [-0.1, -0.05) is 41.1 Å². The third-order valence-corrected chi connectivity index (χ3v) is 4.05. The summed E-state index contributed by atoms with van der Waals surface area (Å²) in [6.45, 7) is 2.15. The van der Waals surface area contributed by atoms with Crippen molar-refractivity contribution in [3.05, 3.63) is 64.0 Å². The quantitative estimate of drug-likeness (QED) is 0.668. The monoisotopic (exact) mass is 313 g/mol. The molecule has 0 atom stereocenters. The maximum absolute atomic E-state index is 11.7. The zero-order chi connectivity index (χ0) is 15.4. The minimum Gasteiger partial charge on any atom is -0.459 e. The molecule has 22 heavy (non-hydrogen) atoms. The Labute approximate surface area is 132 Å². The van der Waals surface area contributed by atoms with Crippen LogP contribution in [0.15, 0.2) is 52.4 Å². The van der Waals surface area contributed by atoms with Crippen LogP contribution < -0.4 is 0 Å². The molecule has 1 aromatic carbocycles. The van der Waals surface area contributed by atoms with E-state index in [1.807, 2.05) is 48.7 Å². The van der Waals surface area contributed by atoms with Crippen LogP contribution in [0.25, 0.3) is 11.3 Å². The Morgan fingerprint density at radius 3 is 2.82 bits per heavy atom. The van der Waals surface area contributed by atoms with Crippen molar-refractivity contribution in [1.29, 1.82) is 0 Å². The maximum Gasteiger partial charge on any atom is 0.311 e. The summed E-state index contributed by atoms with van der Waals surface area (Å²) in [6.07, 6.45) is 0.292. The van der Waals surface area contributed by atoms with Gasteiger partial charge in [0.15, 0.2) is 5.76 Å². The lowest BCUT2D eigenvalue weighted by molar-refractivity contribution is -0.144. The molecule has 112 valence electrons. The van der Waals surface area contributed by atoms with Crippen LogP contribution in [0.2, 0.25) is 0 Å². The molecule has 0 aliphatic heterocycles. The van der Waals surface area contributed by atoms with E-state index in [1.165, 1.54) is 5.56 Å². The number of esters is 1. The van der Waals surface area contributed by atoms with Gasteiger partial charge in [0.2, 0.25) is 0 Å². The van der Waals surface area contributed by atoms with Gasteiger partial charge >= 0.3 is 5.97 Å². The molecule has 0 N–H and O–H groups in total. The number of nitrogens with zero attached hydrogens (tertiary/aromatic N) is 1. The molecule has 3 rings (SSSR count). The van der Waals surface area contributed by atoms with Crippen molar-refractivity contribution in [3.63, 3.8) is 0 Å². The van der Waals surface area contributed by atoms with Crippen LogP contribution in [0, 0.1) is 6.92 Å². The van der Waals surface area contributed by atoms with Crippen molar-refractivity contribution >= 4 is 17.3 Å². The first-order valence-electron chi connectivity index (χ1n) is 6.91. The van der Waals surface area contributed by atoms with Gasteiger partial charge in [-0.05, 0) is 18.4 Å². The van der Waals surface area contributed by atoms with Crippen molar-refractivity contribution in [3.8, 4) is 11.3 Å². The number of aryl methyl sites for hydroxylation is 1. The molecule has 0 radical (unpaired) electrons. The first-order chi connectivity index (χ1) is 10.7. The summed E-state index contributed by atoms with van der Waals surface area (Å²) in [7, 11) is 0. The Hall–Kier alpha value is -2.40. The van der Waals surface area contributed by atoms with Crippen molar-refractivity contribution in [2.24, 2.45) is 0 Å². The summed E-state index contributed by atoms with van der Waals surface area (Å²) in [5.41, 5.74) is 2.75. The minimum absolute atomic E-state index is 0.125. The van der Waals surface area contributed by atoms with Gasteiger partial charge in [-0.25, -0.2) is 0 Å². The summed E-state index contributed by atoms with van der Waals surface area (Å²) < 4.78 is 10.5. The number of ether oxygens (including phenoxy) is 1. The molecule has 5 heteroatoms. The van der Waals surface area contributed by atoms with Crippen LogP contribution in [0.4, 0.5) is 0 Å². The normalized spacial score (nSPS) is 10.6. The molecular weight excluding hydrogens is 298 g/mol. The summed E-state index contributed by atoms with van der Waals surface area (Å²) in [6, 6.07) is 13.6. The van der Waals surface area contributed by atoms with E-state index in [0.717, 1.165) is 10.4 Å². The molecule has 4 nitrogen and oxygen atoms in total. The largest absolute Gasteiger partial charge is 0.459 e. The third kappa shape index (κ3) is 3.62. The van der Waals surface area contributed by atoms with E-state index in [4.69, 9.17) is 9.26 Å². The van der Waals surface area contributed by atoms with Crippen LogP contribution >= 0.6 is 11.3 Å². The fourth-order valence-corrected chi connectivity index (χ4v) is 2.68. The van der Waals surface area contributed by atoms with Gasteiger partial charge in [0, 0.05) is 16.5 Å². The van der Waals surface area contributed by atoms with E-state index in [9.17, 15) is 4.79 Å². The summed E-state index contributed by atoms with van der Waals surface area (Å²) in [5.74, 6) is 0.409. The number of aromatic nitrogens is 1. The predicted octanol–water partition coefficient (Wildman–Crippen LogP) is 4.00. The number of hydrogen-bond acceptors (Lipinski definition) is 5. The van der Waals surface area contributed by atoms with Crippen molar-refractivity contribution in [2.75, 3.05) is 0 Å². The van der Waals surface area contributed by atoms with Crippen LogP contribution in [0.1, 0.15) is 16.1 Å². The Balaban J connectivity index is 1.57. The lowest BCUT2D eigenvalue weighted by atomic mass is 10.1. The second-order valence-corrected chi connectivity index (χ2v) is 6.00. The lowest BCUT2D eigenvalue weighted by Crippen LogP contribution is -2.07. The Kier molecular flexibility index (Phi) is 4.34. The topological polar surface area (TPSA) is 52.3 Å². The van der Waals surface area contributed by atoms with Crippen molar-refractivity contribution < 1.29 is 14.1 Å². The molecule has 2 aromatic heterocycles. The fourth-order valence-electron chi connectivity index (χ4n) is 1.99. The fraction of sp³-hybridized carbons (Fsp3) is 0.176. The number of hydrogen-bond donors (Lipinski definition) is 0. The van der Waals surface area contributed by atoms with Gasteiger partial charge in [-0.2, -0.15) is 0 Å². The van der Waals surface area contributed by atoms with E-state index in [-0.39, 0.29) is 12.6 Å². The SMILES string of the molecule is Cc1ccc(-c2cc(COC(=O)Cc3cccs3)no2)cc1. The molecule has 3 aromatic rings. The average molecular weight is 313 g/mol. The highest BCUT2D eigenvalue weighted by Crippen LogP contribution is 2.21. The molecule has 0 saturated carbocycles. The Morgan fingerprint density at radius 1 is 1.27 bits per heavy atom. The first kappa shape index (κ1) is 14.5. The van der Waals surface area contributed by atoms with Crippen molar-refractivity contribution in [2.45, 2.75) is 20.0 Å². The van der Waals surface area contributed by atoms with E-state index in [2.05, 4.69) is 5.16 Å². The smallest absolute Gasteiger partial charge is 0.311 e. The van der Waals surface area contributed by atoms with Gasteiger partial charge in [0.25, 0.3) is 0 Å². The highest BCUT2D eigenvalue weighted by molar-refractivity contribution is 7.10. The maximum atomic E-state index is 11.7. The summed E-state index contributed by atoms with van der Waals surface area (Å²) in [5, 5.41) is 5.87. The zero-order valence-electron chi connectivity index (χ0n) is 12.1. The standard InChI is InChI=1S/C17H15NO3S/c1-12-4-6-13(7-5-12)16-9-14(18-21-16)11-20-17(19)10-15-3-2-8-22-15/h2-9H,10-11H2,1H3. The molecule has 0 aliphatic carbocycles. The van der Waals surface area contributed by atoms with Gasteiger partial charge in [-0.3, -0.25) is 4.79 Å². The first-order valence-corrected chi connectivity index (χ1v) is 7.79. The van der Waals surface area contributed by atoms with Crippen LogP contribution in [0.5, 0.6) is 0 Å². The van der Waals surface area contributed by atoms with Gasteiger partial charge < -0.3 is 9.26 Å². The second-order valence-electron chi connectivity index (χ2n) is 4.97. The molecule has 0 amide bonds. The van der Waals surface area contributed by atoms with E-state index in [0.29, 0.717) is 17.9 Å². The zero-order valence-corrected chi connectivity index (χ0v) is 12.9. The number of carbonyl (C=O) groups excluding carboxylic acids is 1. The number of rotatable bonds is 5. The molecule has 0 fully saturated rings. The molecule has 0 spiro atoms. The average Bonchev–Trinajstić information content (AvgIpc) is 3.17. The lowest BCUT2D eigenvalue weighted by Gasteiger charge is -2.00. The number of thiophene rings is 1. The Morgan fingerprint density at radius 2 is 2.09 bits per heavy atom. The van der Waals surface area contributed by atoms with Crippen LogP contribution in [0.3, 0.4) is 0 Å². The predicted molar refractivity (Wildman–Crippen MR) is 84.5 cm³/mol. The van der Waals surface area contributed by atoms with E-state index in [1.54, 1.807) is 17.4 Å². The van der Waals surface area contributed by atoms with Gasteiger partial charge in [0.05, 0.1) is 6.42 Å². The molecule has 0 unspecified atom stereocenters. The second kappa shape index (κ2) is 6.58. The molecule has 2 heterocycles. The molecule has 0 aliphatic rings.